The molecule has 1 atom stereocenters. The Morgan fingerprint density at radius 2 is 2.29 bits per heavy atom. The summed E-state index contributed by atoms with van der Waals surface area (Å²) in [6.45, 7) is 5.48. The highest BCUT2D eigenvalue weighted by Crippen LogP contribution is 2.34. The zero-order chi connectivity index (χ0) is 12.1. The lowest BCUT2D eigenvalue weighted by atomic mass is 9.80. The molecule has 94 valence electrons. The van der Waals surface area contributed by atoms with E-state index in [1.807, 2.05) is 12.3 Å². The summed E-state index contributed by atoms with van der Waals surface area (Å²) in [5.41, 5.74) is 2.58. The summed E-state index contributed by atoms with van der Waals surface area (Å²) < 4.78 is 0. The molecule has 2 rings (SSSR count). The third-order valence-corrected chi connectivity index (χ3v) is 3.81. The van der Waals surface area contributed by atoms with Gasteiger partial charge in [0, 0.05) is 6.20 Å². The van der Waals surface area contributed by atoms with Crippen LogP contribution < -0.4 is 5.32 Å². The van der Waals surface area contributed by atoms with Crippen molar-refractivity contribution in [2.45, 2.75) is 52.0 Å². The number of aromatic nitrogens is 1. The molecule has 1 aliphatic rings. The lowest BCUT2D eigenvalue weighted by molar-refractivity contribution is 0.259. The highest BCUT2D eigenvalue weighted by molar-refractivity contribution is 5.21. The van der Waals surface area contributed by atoms with Gasteiger partial charge in [0.1, 0.15) is 0 Å². The van der Waals surface area contributed by atoms with Gasteiger partial charge in [0.15, 0.2) is 0 Å². The minimum absolute atomic E-state index is 0.460. The average molecular weight is 232 g/mol. The normalized spacial score (nSPS) is 17.8. The van der Waals surface area contributed by atoms with Crippen molar-refractivity contribution in [1.82, 2.24) is 10.3 Å². The van der Waals surface area contributed by atoms with Crippen molar-refractivity contribution in [3.05, 3.63) is 29.6 Å². The van der Waals surface area contributed by atoms with Crippen LogP contribution in [0.1, 0.15) is 56.3 Å². The van der Waals surface area contributed by atoms with Crippen molar-refractivity contribution >= 4 is 0 Å². The second-order valence-electron chi connectivity index (χ2n) is 5.24. The lowest BCUT2D eigenvalue weighted by Gasteiger charge is -2.30. The molecule has 1 fully saturated rings. The molecule has 0 amide bonds. The Bertz CT molecular complexity index is 345. The molecule has 17 heavy (non-hydrogen) atoms. The molecule has 0 aromatic carbocycles. The van der Waals surface area contributed by atoms with Crippen molar-refractivity contribution in [2.75, 3.05) is 6.54 Å². The van der Waals surface area contributed by atoms with E-state index in [0.717, 1.165) is 12.5 Å². The van der Waals surface area contributed by atoms with Gasteiger partial charge in [-0.15, -0.1) is 0 Å². The number of aryl methyl sites for hydroxylation is 1. The first-order valence-corrected chi connectivity index (χ1v) is 6.96. The predicted octanol–water partition coefficient (Wildman–Crippen LogP) is 3.62. The maximum atomic E-state index is 4.58. The van der Waals surface area contributed by atoms with Crippen LogP contribution in [0, 0.1) is 12.8 Å². The Labute approximate surface area is 105 Å². The SMILES string of the molecule is CCCNC(CC1CCC1)c1ncccc1C. The van der Waals surface area contributed by atoms with Gasteiger partial charge < -0.3 is 5.32 Å². The van der Waals surface area contributed by atoms with Gasteiger partial charge in [-0.25, -0.2) is 0 Å². The molecule has 2 nitrogen and oxygen atoms in total. The summed E-state index contributed by atoms with van der Waals surface area (Å²) in [7, 11) is 0. The molecule has 0 radical (unpaired) electrons. The van der Waals surface area contributed by atoms with Crippen LogP contribution in [0.4, 0.5) is 0 Å². The largest absolute Gasteiger partial charge is 0.309 e. The number of hydrogen-bond donors (Lipinski definition) is 1. The Hall–Kier alpha value is -0.890. The highest BCUT2D eigenvalue weighted by Gasteiger charge is 2.24. The quantitative estimate of drug-likeness (QED) is 0.810. The Morgan fingerprint density at radius 3 is 2.88 bits per heavy atom. The fraction of sp³-hybridized carbons (Fsp3) is 0.667. The first-order chi connectivity index (χ1) is 8.31. The Morgan fingerprint density at radius 1 is 1.47 bits per heavy atom. The molecule has 0 bridgehead atoms. The summed E-state index contributed by atoms with van der Waals surface area (Å²) in [6, 6.07) is 4.66. The van der Waals surface area contributed by atoms with Crippen LogP contribution >= 0.6 is 0 Å². The Kier molecular flexibility index (Phi) is 4.55. The summed E-state index contributed by atoms with van der Waals surface area (Å²) in [5.74, 6) is 0.922. The summed E-state index contributed by atoms with van der Waals surface area (Å²) in [4.78, 5) is 4.58. The zero-order valence-corrected chi connectivity index (χ0v) is 11.1. The zero-order valence-electron chi connectivity index (χ0n) is 11.1. The van der Waals surface area contributed by atoms with Crippen molar-refractivity contribution in [3.63, 3.8) is 0 Å². The number of rotatable bonds is 6. The van der Waals surface area contributed by atoms with E-state index in [2.05, 4.69) is 30.2 Å². The van der Waals surface area contributed by atoms with Crippen LogP contribution in [0.25, 0.3) is 0 Å². The first kappa shape index (κ1) is 12.6. The monoisotopic (exact) mass is 232 g/mol. The summed E-state index contributed by atoms with van der Waals surface area (Å²) in [6.07, 6.45) is 8.62. The first-order valence-electron chi connectivity index (χ1n) is 6.96. The van der Waals surface area contributed by atoms with Crippen molar-refractivity contribution in [2.24, 2.45) is 5.92 Å². The van der Waals surface area contributed by atoms with Gasteiger partial charge in [-0.05, 0) is 43.9 Å². The van der Waals surface area contributed by atoms with E-state index in [0.29, 0.717) is 6.04 Å². The minimum Gasteiger partial charge on any atom is -0.309 e. The standard InChI is InChI=1S/C15H24N2/c1-3-9-16-14(11-13-7-4-8-13)15-12(2)6-5-10-17-15/h5-6,10,13-14,16H,3-4,7-9,11H2,1-2H3. The third kappa shape index (κ3) is 3.29. The number of nitrogens with zero attached hydrogens (tertiary/aromatic N) is 1. The van der Waals surface area contributed by atoms with Gasteiger partial charge in [-0.2, -0.15) is 0 Å². The van der Waals surface area contributed by atoms with Gasteiger partial charge in [-0.3, -0.25) is 4.98 Å². The van der Waals surface area contributed by atoms with Crippen LogP contribution in [0.15, 0.2) is 18.3 Å². The smallest absolute Gasteiger partial charge is 0.0602 e. The van der Waals surface area contributed by atoms with Gasteiger partial charge >= 0.3 is 0 Å². The van der Waals surface area contributed by atoms with Crippen molar-refractivity contribution < 1.29 is 0 Å². The van der Waals surface area contributed by atoms with E-state index < -0.39 is 0 Å². The molecule has 1 heterocycles. The second-order valence-corrected chi connectivity index (χ2v) is 5.24. The minimum atomic E-state index is 0.460. The number of hydrogen-bond acceptors (Lipinski definition) is 2. The average Bonchev–Trinajstić information content (AvgIpc) is 2.28. The van der Waals surface area contributed by atoms with E-state index >= 15 is 0 Å². The van der Waals surface area contributed by atoms with Crippen molar-refractivity contribution in [1.29, 1.82) is 0 Å². The van der Waals surface area contributed by atoms with Crippen LogP contribution in [-0.2, 0) is 0 Å². The van der Waals surface area contributed by atoms with Gasteiger partial charge in [0.25, 0.3) is 0 Å². The fourth-order valence-corrected chi connectivity index (χ4v) is 2.53. The van der Waals surface area contributed by atoms with Gasteiger partial charge in [-0.1, -0.05) is 32.3 Å². The lowest BCUT2D eigenvalue weighted by Crippen LogP contribution is -2.28. The molecule has 2 heteroatoms. The maximum absolute atomic E-state index is 4.58. The molecule has 1 saturated carbocycles. The van der Waals surface area contributed by atoms with Crippen LogP contribution in [0.3, 0.4) is 0 Å². The molecule has 1 unspecified atom stereocenters. The topological polar surface area (TPSA) is 24.9 Å². The molecule has 1 aromatic heterocycles. The number of pyridine rings is 1. The molecular formula is C15H24N2. The van der Waals surface area contributed by atoms with Crippen LogP contribution in [0.2, 0.25) is 0 Å². The van der Waals surface area contributed by atoms with E-state index in [-0.39, 0.29) is 0 Å². The van der Waals surface area contributed by atoms with E-state index in [4.69, 9.17) is 0 Å². The molecule has 1 N–H and O–H groups in total. The second kappa shape index (κ2) is 6.15. The van der Waals surface area contributed by atoms with Crippen molar-refractivity contribution in [3.8, 4) is 0 Å². The third-order valence-electron chi connectivity index (χ3n) is 3.81. The molecular weight excluding hydrogens is 208 g/mol. The molecule has 0 aliphatic heterocycles. The summed E-state index contributed by atoms with van der Waals surface area (Å²) >= 11 is 0. The van der Waals surface area contributed by atoms with Gasteiger partial charge in [0.05, 0.1) is 11.7 Å². The molecule has 1 aromatic rings. The highest BCUT2D eigenvalue weighted by atomic mass is 14.9. The Balaban J connectivity index is 2.05. The summed E-state index contributed by atoms with van der Waals surface area (Å²) in [5, 5.41) is 3.66. The number of nitrogens with one attached hydrogen (secondary N) is 1. The molecule has 1 aliphatic carbocycles. The van der Waals surface area contributed by atoms with Crippen LogP contribution in [0.5, 0.6) is 0 Å². The maximum Gasteiger partial charge on any atom is 0.0602 e. The fourth-order valence-electron chi connectivity index (χ4n) is 2.53. The van der Waals surface area contributed by atoms with Crippen LogP contribution in [-0.4, -0.2) is 11.5 Å². The predicted molar refractivity (Wildman–Crippen MR) is 72.0 cm³/mol. The molecule has 0 saturated heterocycles. The van der Waals surface area contributed by atoms with E-state index in [1.54, 1.807) is 0 Å². The van der Waals surface area contributed by atoms with Gasteiger partial charge in [0.2, 0.25) is 0 Å². The molecule has 0 spiro atoms. The van der Waals surface area contributed by atoms with E-state index in [1.165, 1.54) is 43.4 Å². The van der Waals surface area contributed by atoms with E-state index in [9.17, 15) is 0 Å².